The first-order chi connectivity index (χ1) is 6.65. The SMILES string of the molecule is Cc1ccncc1/C=C(/C#N)C(=O)O. The molecule has 1 rings (SSSR count). The van der Waals surface area contributed by atoms with Gasteiger partial charge in [0, 0.05) is 12.4 Å². The molecule has 0 saturated carbocycles. The van der Waals surface area contributed by atoms with Crippen LogP contribution in [0.5, 0.6) is 0 Å². The number of aliphatic carboxylic acids is 1. The molecule has 4 heteroatoms. The molecule has 14 heavy (non-hydrogen) atoms. The second kappa shape index (κ2) is 4.19. The normalized spacial score (nSPS) is 10.7. The molecular formula is C10H8N2O2. The molecule has 0 saturated heterocycles. The summed E-state index contributed by atoms with van der Waals surface area (Å²) >= 11 is 0. The molecular weight excluding hydrogens is 180 g/mol. The summed E-state index contributed by atoms with van der Waals surface area (Å²) in [5.74, 6) is -1.23. The highest BCUT2D eigenvalue weighted by Crippen LogP contribution is 2.10. The molecule has 4 nitrogen and oxygen atoms in total. The van der Waals surface area contributed by atoms with E-state index in [-0.39, 0.29) is 5.57 Å². The molecule has 1 N–H and O–H groups in total. The Hall–Kier alpha value is -2.15. The van der Waals surface area contributed by atoms with Crippen molar-refractivity contribution >= 4 is 12.0 Å². The Morgan fingerprint density at radius 3 is 2.93 bits per heavy atom. The third-order valence-corrected chi connectivity index (χ3v) is 1.73. The molecule has 70 valence electrons. The quantitative estimate of drug-likeness (QED) is 0.562. The Bertz CT molecular complexity index is 430. The van der Waals surface area contributed by atoms with Gasteiger partial charge in [0.15, 0.2) is 0 Å². The molecule has 0 spiro atoms. The molecule has 0 aromatic carbocycles. The zero-order valence-electron chi connectivity index (χ0n) is 7.56. The number of aryl methyl sites for hydroxylation is 1. The topological polar surface area (TPSA) is 74.0 Å². The van der Waals surface area contributed by atoms with Gasteiger partial charge in [0.2, 0.25) is 0 Å². The van der Waals surface area contributed by atoms with Crippen LogP contribution in [0.15, 0.2) is 24.0 Å². The predicted octanol–water partition coefficient (Wildman–Crippen LogP) is 1.38. The van der Waals surface area contributed by atoms with Crippen LogP contribution in [0, 0.1) is 18.3 Å². The maximum Gasteiger partial charge on any atom is 0.346 e. The minimum Gasteiger partial charge on any atom is -0.477 e. The molecule has 0 aliphatic rings. The van der Waals surface area contributed by atoms with Gasteiger partial charge in [-0.25, -0.2) is 4.79 Å². The van der Waals surface area contributed by atoms with Gasteiger partial charge in [0.1, 0.15) is 11.6 Å². The fourth-order valence-electron chi connectivity index (χ4n) is 0.925. The number of nitrogens with zero attached hydrogens (tertiary/aromatic N) is 2. The summed E-state index contributed by atoms with van der Waals surface area (Å²) in [6, 6.07) is 3.36. The number of carboxylic acid groups (broad SMARTS) is 1. The summed E-state index contributed by atoms with van der Waals surface area (Å²) in [5, 5.41) is 17.1. The highest BCUT2D eigenvalue weighted by molar-refractivity contribution is 5.96. The molecule has 0 amide bonds. The van der Waals surface area contributed by atoms with Crippen molar-refractivity contribution in [2.45, 2.75) is 6.92 Å². The summed E-state index contributed by atoms with van der Waals surface area (Å²) in [6.45, 7) is 1.82. The zero-order chi connectivity index (χ0) is 10.6. The molecule has 1 heterocycles. The molecule has 0 fully saturated rings. The highest BCUT2D eigenvalue weighted by Gasteiger charge is 2.06. The first-order valence-corrected chi connectivity index (χ1v) is 3.91. The minimum atomic E-state index is -1.23. The van der Waals surface area contributed by atoms with E-state index >= 15 is 0 Å². The summed E-state index contributed by atoms with van der Waals surface area (Å²) in [4.78, 5) is 14.4. The van der Waals surface area contributed by atoms with Crippen molar-refractivity contribution < 1.29 is 9.90 Å². The van der Waals surface area contributed by atoms with Crippen LogP contribution in [0.3, 0.4) is 0 Å². The van der Waals surface area contributed by atoms with Crippen molar-refractivity contribution in [2.24, 2.45) is 0 Å². The van der Waals surface area contributed by atoms with E-state index in [0.29, 0.717) is 5.56 Å². The number of carbonyl (C=O) groups is 1. The largest absolute Gasteiger partial charge is 0.477 e. The maximum absolute atomic E-state index is 10.5. The van der Waals surface area contributed by atoms with E-state index in [4.69, 9.17) is 10.4 Å². The lowest BCUT2D eigenvalue weighted by Gasteiger charge is -1.97. The van der Waals surface area contributed by atoms with Crippen molar-refractivity contribution in [1.29, 1.82) is 5.26 Å². The second-order valence-corrected chi connectivity index (χ2v) is 2.71. The van der Waals surface area contributed by atoms with Gasteiger partial charge in [0.05, 0.1) is 0 Å². The molecule has 0 aliphatic heterocycles. The van der Waals surface area contributed by atoms with Gasteiger partial charge in [-0.3, -0.25) is 4.98 Å². The van der Waals surface area contributed by atoms with Gasteiger partial charge in [-0.2, -0.15) is 5.26 Å². The Balaban J connectivity index is 3.15. The number of aromatic nitrogens is 1. The van der Waals surface area contributed by atoms with E-state index in [2.05, 4.69) is 4.98 Å². The van der Waals surface area contributed by atoms with Crippen molar-refractivity contribution in [3.8, 4) is 6.07 Å². The Morgan fingerprint density at radius 1 is 1.71 bits per heavy atom. The first-order valence-electron chi connectivity index (χ1n) is 3.91. The molecule has 0 unspecified atom stereocenters. The van der Waals surface area contributed by atoms with E-state index in [1.807, 2.05) is 6.92 Å². The summed E-state index contributed by atoms with van der Waals surface area (Å²) in [7, 11) is 0. The lowest BCUT2D eigenvalue weighted by molar-refractivity contribution is -0.132. The lowest BCUT2D eigenvalue weighted by Crippen LogP contribution is -1.98. The molecule has 0 bridgehead atoms. The Labute approximate surface area is 81.1 Å². The maximum atomic E-state index is 10.5. The summed E-state index contributed by atoms with van der Waals surface area (Å²) in [6.07, 6.45) is 4.44. The van der Waals surface area contributed by atoms with Crippen LogP contribution in [0.1, 0.15) is 11.1 Å². The third kappa shape index (κ3) is 2.17. The third-order valence-electron chi connectivity index (χ3n) is 1.73. The molecule has 1 aromatic rings. The monoisotopic (exact) mass is 188 g/mol. The van der Waals surface area contributed by atoms with Crippen LogP contribution in [0.4, 0.5) is 0 Å². The van der Waals surface area contributed by atoms with Crippen molar-refractivity contribution in [3.05, 3.63) is 35.2 Å². The van der Waals surface area contributed by atoms with Crippen LogP contribution in [0.2, 0.25) is 0 Å². The number of carboxylic acids is 1. The highest BCUT2D eigenvalue weighted by atomic mass is 16.4. The predicted molar refractivity (Wildman–Crippen MR) is 50.2 cm³/mol. The molecule has 0 radical (unpaired) electrons. The van der Waals surface area contributed by atoms with Gasteiger partial charge in [-0.15, -0.1) is 0 Å². The van der Waals surface area contributed by atoms with E-state index in [9.17, 15) is 4.79 Å². The van der Waals surface area contributed by atoms with E-state index in [1.165, 1.54) is 12.3 Å². The van der Waals surface area contributed by atoms with Crippen LogP contribution >= 0.6 is 0 Å². The smallest absolute Gasteiger partial charge is 0.346 e. The van der Waals surface area contributed by atoms with E-state index in [0.717, 1.165) is 5.56 Å². The Morgan fingerprint density at radius 2 is 2.43 bits per heavy atom. The van der Waals surface area contributed by atoms with Gasteiger partial charge < -0.3 is 5.11 Å². The van der Waals surface area contributed by atoms with Crippen LogP contribution < -0.4 is 0 Å². The molecule has 0 atom stereocenters. The average molecular weight is 188 g/mol. The van der Waals surface area contributed by atoms with Gasteiger partial charge in [-0.1, -0.05) is 0 Å². The van der Waals surface area contributed by atoms with Crippen LogP contribution in [0.25, 0.3) is 6.08 Å². The minimum absolute atomic E-state index is 0.291. The molecule has 1 aromatic heterocycles. The van der Waals surface area contributed by atoms with E-state index < -0.39 is 5.97 Å². The molecule has 0 aliphatic carbocycles. The number of nitriles is 1. The lowest BCUT2D eigenvalue weighted by atomic mass is 10.1. The van der Waals surface area contributed by atoms with Crippen molar-refractivity contribution in [2.75, 3.05) is 0 Å². The first kappa shape index (κ1) is 9.93. The Kier molecular flexibility index (Phi) is 2.97. The fraction of sp³-hybridized carbons (Fsp3) is 0.100. The van der Waals surface area contributed by atoms with Gasteiger partial charge in [0.25, 0.3) is 0 Å². The van der Waals surface area contributed by atoms with Crippen molar-refractivity contribution in [3.63, 3.8) is 0 Å². The zero-order valence-corrected chi connectivity index (χ0v) is 7.56. The second-order valence-electron chi connectivity index (χ2n) is 2.71. The van der Waals surface area contributed by atoms with E-state index in [1.54, 1.807) is 18.3 Å². The number of pyridine rings is 1. The summed E-state index contributed by atoms with van der Waals surface area (Å²) < 4.78 is 0. The number of hydrogen-bond donors (Lipinski definition) is 1. The number of rotatable bonds is 2. The average Bonchev–Trinajstić information content (AvgIpc) is 2.16. The standard InChI is InChI=1S/C10H8N2O2/c1-7-2-3-12-6-9(7)4-8(5-11)10(13)14/h2-4,6H,1H3,(H,13,14)/b8-4-. The van der Waals surface area contributed by atoms with Crippen LogP contribution in [-0.4, -0.2) is 16.1 Å². The fourth-order valence-corrected chi connectivity index (χ4v) is 0.925. The number of hydrogen-bond acceptors (Lipinski definition) is 3. The van der Waals surface area contributed by atoms with Gasteiger partial charge in [-0.05, 0) is 30.2 Å². The van der Waals surface area contributed by atoms with Crippen LogP contribution in [-0.2, 0) is 4.79 Å². The summed E-state index contributed by atoms with van der Waals surface area (Å²) in [5.41, 5.74) is 1.24. The van der Waals surface area contributed by atoms with Gasteiger partial charge >= 0.3 is 5.97 Å². The van der Waals surface area contributed by atoms with Crippen molar-refractivity contribution in [1.82, 2.24) is 4.98 Å².